The summed E-state index contributed by atoms with van der Waals surface area (Å²) in [6.45, 7) is 1.73. The lowest BCUT2D eigenvalue weighted by Crippen LogP contribution is -2.10. The van der Waals surface area contributed by atoms with Gasteiger partial charge >= 0.3 is 0 Å². The molecule has 0 aliphatic carbocycles. The summed E-state index contributed by atoms with van der Waals surface area (Å²) >= 11 is 15.0. The zero-order valence-corrected chi connectivity index (χ0v) is 11.3. The molecule has 5 heteroatoms. The van der Waals surface area contributed by atoms with Gasteiger partial charge in [-0.05, 0) is 13.0 Å². The summed E-state index contributed by atoms with van der Waals surface area (Å²) in [4.78, 5) is 11.4. The quantitative estimate of drug-likeness (QED) is 0.623. The molecule has 1 aromatic carbocycles. The summed E-state index contributed by atoms with van der Waals surface area (Å²) in [6.07, 6.45) is 0. The van der Waals surface area contributed by atoms with E-state index in [1.807, 2.05) is 0 Å². The molecule has 0 saturated carbocycles. The first kappa shape index (κ1) is 12.8. The molecule has 82 valence electrons. The van der Waals surface area contributed by atoms with Crippen molar-refractivity contribution in [1.29, 1.82) is 0 Å². The second-order valence-electron chi connectivity index (χ2n) is 2.95. The molecule has 15 heavy (non-hydrogen) atoms. The van der Waals surface area contributed by atoms with Crippen LogP contribution in [0.1, 0.15) is 17.3 Å². The third-order valence-corrected chi connectivity index (χ3v) is 2.89. The standard InChI is InChI=1S/C10H9BrCl2O2/c1-5(11)10(14)6-3-8(13)9(15-2)4-7(6)12/h3-5H,1-2H3. The van der Waals surface area contributed by atoms with E-state index in [0.29, 0.717) is 21.4 Å². The van der Waals surface area contributed by atoms with Crippen LogP contribution in [0.3, 0.4) is 0 Å². The lowest BCUT2D eigenvalue weighted by atomic mass is 10.1. The zero-order chi connectivity index (χ0) is 11.6. The number of ketones is 1. The Hall–Kier alpha value is -0.250. The monoisotopic (exact) mass is 310 g/mol. The lowest BCUT2D eigenvalue weighted by Gasteiger charge is -2.09. The molecule has 0 spiro atoms. The minimum absolute atomic E-state index is 0.107. The normalized spacial score (nSPS) is 12.3. The van der Waals surface area contributed by atoms with Crippen molar-refractivity contribution in [3.8, 4) is 5.75 Å². The van der Waals surface area contributed by atoms with Gasteiger partial charge in [0.05, 0.1) is 22.0 Å². The van der Waals surface area contributed by atoms with Crippen LogP contribution in [0.15, 0.2) is 12.1 Å². The van der Waals surface area contributed by atoms with Crippen LogP contribution in [0.2, 0.25) is 10.0 Å². The fourth-order valence-corrected chi connectivity index (χ4v) is 1.82. The number of ether oxygens (including phenoxy) is 1. The second-order valence-corrected chi connectivity index (χ2v) is 5.13. The summed E-state index contributed by atoms with van der Waals surface area (Å²) in [5, 5.41) is 0.714. The highest BCUT2D eigenvalue weighted by molar-refractivity contribution is 9.10. The Kier molecular flexibility index (Phi) is 4.44. The summed E-state index contributed by atoms with van der Waals surface area (Å²) in [6, 6.07) is 3.05. The van der Waals surface area contributed by atoms with Crippen molar-refractivity contribution >= 4 is 44.9 Å². The SMILES string of the molecule is COc1cc(Cl)c(C(=O)C(C)Br)cc1Cl. The molecule has 0 aliphatic rings. The molecule has 1 atom stereocenters. The van der Waals surface area contributed by atoms with Gasteiger partial charge in [-0.15, -0.1) is 0 Å². The lowest BCUT2D eigenvalue weighted by molar-refractivity contribution is 0.0996. The van der Waals surface area contributed by atoms with Crippen molar-refractivity contribution in [2.45, 2.75) is 11.8 Å². The summed E-state index contributed by atoms with van der Waals surface area (Å²) in [5.74, 6) is 0.352. The Bertz CT molecular complexity index is 391. The van der Waals surface area contributed by atoms with Gasteiger partial charge in [0, 0.05) is 11.6 Å². The van der Waals surface area contributed by atoms with Crippen molar-refractivity contribution < 1.29 is 9.53 Å². The van der Waals surface area contributed by atoms with E-state index in [1.165, 1.54) is 19.2 Å². The number of hydrogen-bond donors (Lipinski definition) is 0. The van der Waals surface area contributed by atoms with Gasteiger partial charge in [-0.25, -0.2) is 0 Å². The van der Waals surface area contributed by atoms with Crippen LogP contribution >= 0.6 is 39.1 Å². The highest BCUT2D eigenvalue weighted by atomic mass is 79.9. The van der Waals surface area contributed by atoms with Crippen LogP contribution in [0.4, 0.5) is 0 Å². The van der Waals surface area contributed by atoms with Crippen LogP contribution in [-0.4, -0.2) is 17.7 Å². The van der Waals surface area contributed by atoms with Crippen molar-refractivity contribution in [2.24, 2.45) is 0 Å². The van der Waals surface area contributed by atoms with Gasteiger partial charge in [-0.3, -0.25) is 4.79 Å². The van der Waals surface area contributed by atoms with Gasteiger partial charge in [-0.1, -0.05) is 39.1 Å². The van der Waals surface area contributed by atoms with Crippen LogP contribution in [0.25, 0.3) is 0 Å². The third-order valence-electron chi connectivity index (χ3n) is 1.87. The van der Waals surface area contributed by atoms with Gasteiger partial charge in [0.15, 0.2) is 5.78 Å². The van der Waals surface area contributed by atoms with Crippen molar-refractivity contribution in [1.82, 2.24) is 0 Å². The Morgan fingerprint density at radius 2 is 2.00 bits per heavy atom. The van der Waals surface area contributed by atoms with E-state index in [2.05, 4.69) is 15.9 Å². The first-order valence-electron chi connectivity index (χ1n) is 4.18. The maximum atomic E-state index is 11.7. The van der Waals surface area contributed by atoms with E-state index in [9.17, 15) is 4.79 Å². The number of hydrogen-bond acceptors (Lipinski definition) is 2. The molecular weight excluding hydrogens is 303 g/mol. The topological polar surface area (TPSA) is 26.3 Å². The van der Waals surface area contributed by atoms with E-state index in [1.54, 1.807) is 6.92 Å². The maximum Gasteiger partial charge on any atom is 0.177 e. The van der Waals surface area contributed by atoms with Crippen molar-refractivity contribution in [3.63, 3.8) is 0 Å². The average Bonchev–Trinajstić information content (AvgIpc) is 2.19. The third kappa shape index (κ3) is 2.86. The molecule has 1 aromatic rings. The van der Waals surface area contributed by atoms with Crippen LogP contribution in [0.5, 0.6) is 5.75 Å². The summed E-state index contributed by atoms with van der Waals surface area (Å²) < 4.78 is 4.98. The Balaban J connectivity index is 3.22. The van der Waals surface area contributed by atoms with Crippen LogP contribution in [0, 0.1) is 0 Å². The number of alkyl halides is 1. The second kappa shape index (κ2) is 5.19. The fraction of sp³-hybridized carbons (Fsp3) is 0.300. The molecule has 0 aromatic heterocycles. The predicted molar refractivity (Wildman–Crippen MR) is 65.7 cm³/mol. The fourth-order valence-electron chi connectivity index (χ4n) is 1.09. The molecule has 0 radical (unpaired) electrons. The Morgan fingerprint density at radius 3 is 2.47 bits per heavy atom. The average molecular weight is 312 g/mol. The van der Waals surface area contributed by atoms with Crippen LogP contribution < -0.4 is 4.74 Å². The minimum atomic E-state index is -0.292. The molecule has 0 N–H and O–H groups in total. The van der Waals surface area contributed by atoms with Gasteiger partial charge in [0.1, 0.15) is 5.75 Å². The van der Waals surface area contributed by atoms with E-state index in [4.69, 9.17) is 27.9 Å². The first-order valence-corrected chi connectivity index (χ1v) is 5.86. The van der Waals surface area contributed by atoms with Gasteiger partial charge in [0.25, 0.3) is 0 Å². The molecule has 0 saturated heterocycles. The van der Waals surface area contributed by atoms with Gasteiger partial charge in [-0.2, -0.15) is 0 Å². The number of halogens is 3. The molecular formula is C10H9BrCl2O2. The predicted octanol–water partition coefficient (Wildman–Crippen LogP) is 3.97. The number of rotatable bonds is 3. The van der Waals surface area contributed by atoms with E-state index < -0.39 is 0 Å². The molecule has 0 amide bonds. The zero-order valence-electron chi connectivity index (χ0n) is 8.18. The molecule has 0 heterocycles. The number of benzene rings is 1. The molecule has 2 nitrogen and oxygen atoms in total. The number of carbonyl (C=O) groups excluding carboxylic acids is 1. The number of carbonyl (C=O) groups is 1. The van der Waals surface area contributed by atoms with E-state index in [0.717, 1.165) is 0 Å². The first-order chi connectivity index (χ1) is 6.97. The highest BCUT2D eigenvalue weighted by Crippen LogP contribution is 2.32. The molecule has 0 fully saturated rings. The van der Waals surface area contributed by atoms with Crippen molar-refractivity contribution in [2.75, 3.05) is 7.11 Å². The van der Waals surface area contributed by atoms with E-state index in [-0.39, 0.29) is 10.6 Å². The van der Waals surface area contributed by atoms with Crippen LogP contribution in [-0.2, 0) is 0 Å². The van der Waals surface area contributed by atoms with Gasteiger partial charge < -0.3 is 4.74 Å². The van der Waals surface area contributed by atoms with Crippen molar-refractivity contribution in [3.05, 3.63) is 27.7 Å². The smallest absolute Gasteiger partial charge is 0.177 e. The van der Waals surface area contributed by atoms with E-state index >= 15 is 0 Å². The largest absolute Gasteiger partial charge is 0.495 e. The number of Topliss-reactive ketones (excluding diaryl/α,β-unsaturated/α-hetero) is 1. The number of methoxy groups -OCH3 is 1. The summed E-state index contributed by atoms with van der Waals surface area (Å²) in [5.41, 5.74) is 0.395. The molecule has 0 bridgehead atoms. The Morgan fingerprint density at radius 1 is 1.40 bits per heavy atom. The van der Waals surface area contributed by atoms with Gasteiger partial charge in [0.2, 0.25) is 0 Å². The molecule has 0 aliphatic heterocycles. The summed E-state index contributed by atoms with van der Waals surface area (Å²) in [7, 11) is 1.49. The Labute approximate surface area is 107 Å². The maximum absolute atomic E-state index is 11.7. The minimum Gasteiger partial charge on any atom is -0.495 e. The molecule has 1 unspecified atom stereocenters. The molecule has 1 rings (SSSR count). The highest BCUT2D eigenvalue weighted by Gasteiger charge is 2.17.